The van der Waals surface area contributed by atoms with E-state index < -0.39 is 0 Å². The van der Waals surface area contributed by atoms with E-state index in [2.05, 4.69) is 34.5 Å². The van der Waals surface area contributed by atoms with Crippen LogP contribution in [0.2, 0.25) is 0 Å². The molecular formula is C33H42N4O3. The smallest absolute Gasteiger partial charge is 0.228 e. The molecule has 4 fully saturated rings. The molecular weight excluding hydrogens is 500 g/mol. The quantitative estimate of drug-likeness (QED) is 0.522. The molecule has 7 nitrogen and oxygen atoms in total. The summed E-state index contributed by atoms with van der Waals surface area (Å²) in [7, 11) is 0. The van der Waals surface area contributed by atoms with E-state index in [0.717, 1.165) is 70.4 Å². The van der Waals surface area contributed by atoms with Gasteiger partial charge in [0.15, 0.2) is 0 Å². The average Bonchev–Trinajstić information content (AvgIpc) is 3.77. The van der Waals surface area contributed by atoms with E-state index in [-0.39, 0.29) is 35.6 Å². The normalized spacial score (nSPS) is 25.9. The number of amides is 3. The van der Waals surface area contributed by atoms with Gasteiger partial charge < -0.3 is 20.0 Å². The zero-order valence-electron chi connectivity index (χ0n) is 23.4. The molecule has 1 N–H and O–H groups in total. The van der Waals surface area contributed by atoms with Crippen molar-refractivity contribution in [2.75, 3.05) is 39.3 Å². The lowest BCUT2D eigenvalue weighted by Crippen LogP contribution is -2.39. The number of carbonyl (C=O) groups is 3. The fourth-order valence-corrected chi connectivity index (χ4v) is 7.40. The number of nitrogens with one attached hydrogen (secondary N) is 1. The van der Waals surface area contributed by atoms with Gasteiger partial charge in [-0.3, -0.25) is 14.4 Å². The van der Waals surface area contributed by atoms with Crippen LogP contribution < -0.4 is 5.32 Å². The number of hydrogen-bond donors (Lipinski definition) is 1. The van der Waals surface area contributed by atoms with Gasteiger partial charge in [-0.15, -0.1) is 0 Å². The first-order chi connectivity index (χ1) is 19.5. The molecule has 2 aromatic rings. The summed E-state index contributed by atoms with van der Waals surface area (Å²) >= 11 is 0. The van der Waals surface area contributed by atoms with Crippen molar-refractivity contribution in [1.29, 1.82) is 0 Å². The van der Waals surface area contributed by atoms with Crippen LogP contribution in [0.1, 0.15) is 55.7 Å². The van der Waals surface area contributed by atoms with Crippen molar-refractivity contribution in [1.82, 2.24) is 20.0 Å². The third-order valence-electron chi connectivity index (χ3n) is 9.63. The highest BCUT2D eigenvalue weighted by molar-refractivity contribution is 5.89. The van der Waals surface area contributed by atoms with E-state index in [4.69, 9.17) is 0 Å². The van der Waals surface area contributed by atoms with E-state index in [1.54, 1.807) is 0 Å². The van der Waals surface area contributed by atoms with Crippen LogP contribution >= 0.6 is 0 Å². The van der Waals surface area contributed by atoms with Gasteiger partial charge in [0.2, 0.25) is 17.7 Å². The number of fused-ring (bicyclic) bond motifs is 1. The zero-order chi connectivity index (χ0) is 27.5. The van der Waals surface area contributed by atoms with E-state index in [0.29, 0.717) is 31.3 Å². The summed E-state index contributed by atoms with van der Waals surface area (Å²) in [5.74, 6) is 1.38. The molecule has 3 amide bonds. The molecule has 3 aliphatic heterocycles. The third kappa shape index (κ3) is 6.09. The van der Waals surface area contributed by atoms with Crippen molar-refractivity contribution in [3.63, 3.8) is 0 Å². The second-order valence-corrected chi connectivity index (χ2v) is 12.4. The predicted molar refractivity (Wildman–Crippen MR) is 154 cm³/mol. The lowest BCUT2D eigenvalue weighted by atomic mass is 10.0. The third-order valence-corrected chi connectivity index (χ3v) is 9.63. The van der Waals surface area contributed by atoms with E-state index in [1.165, 1.54) is 5.56 Å². The Morgan fingerprint density at radius 1 is 0.825 bits per heavy atom. The fourth-order valence-electron chi connectivity index (χ4n) is 7.40. The number of benzene rings is 2. The molecule has 1 saturated carbocycles. The second kappa shape index (κ2) is 12.1. The molecule has 2 aromatic carbocycles. The van der Waals surface area contributed by atoms with Gasteiger partial charge in [0.05, 0.1) is 12.0 Å². The Bertz CT molecular complexity index is 1170. The molecule has 0 radical (unpaired) electrons. The van der Waals surface area contributed by atoms with Crippen LogP contribution in [0.4, 0.5) is 0 Å². The Hall–Kier alpha value is -3.19. The van der Waals surface area contributed by atoms with Gasteiger partial charge >= 0.3 is 0 Å². The molecule has 0 bridgehead atoms. The summed E-state index contributed by atoms with van der Waals surface area (Å²) in [5, 5.41) is 3.38. The Morgan fingerprint density at radius 2 is 1.48 bits per heavy atom. The molecule has 1 aliphatic carbocycles. The van der Waals surface area contributed by atoms with Gasteiger partial charge in [-0.25, -0.2) is 0 Å². The molecule has 4 aliphatic rings. The van der Waals surface area contributed by atoms with E-state index in [9.17, 15) is 14.4 Å². The summed E-state index contributed by atoms with van der Waals surface area (Å²) in [6.45, 7) is 5.63. The minimum absolute atomic E-state index is 0.0338. The lowest BCUT2D eigenvalue weighted by molar-refractivity contribution is -0.135. The predicted octanol–water partition coefficient (Wildman–Crippen LogP) is 3.86. The van der Waals surface area contributed by atoms with Crippen molar-refractivity contribution >= 4 is 17.7 Å². The number of hydrogen-bond acceptors (Lipinski definition) is 4. The van der Waals surface area contributed by atoms with Gasteiger partial charge in [0, 0.05) is 58.2 Å². The number of rotatable bonds is 9. The minimum atomic E-state index is -0.221. The van der Waals surface area contributed by atoms with Crippen molar-refractivity contribution < 1.29 is 14.4 Å². The van der Waals surface area contributed by atoms with Gasteiger partial charge in [0.1, 0.15) is 0 Å². The van der Waals surface area contributed by atoms with Gasteiger partial charge in [0.25, 0.3) is 0 Å². The summed E-state index contributed by atoms with van der Waals surface area (Å²) < 4.78 is 0. The number of carbonyl (C=O) groups excluding carboxylic acids is 3. The summed E-state index contributed by atoms with van der Waals surface area (Å²) in [6.07, 6.45) is 5.57. The molecule has 40 heavy (non-hydrogen) atoms. The Labute approximate surface area is 237 Å². The molecule has 0 aromatic heterocycles. The Morgan fingerprint density at radius 3 is 2.15 bits per heavy atom. The van der Waals surface area contributed by atoms with Crippen LogP contribution in [-0.2, 0) is 20.9 Å². The van der Waals surface area contributed by atoms with Crippen LogP contribution in [0.3, 0.4) is 0 Å². The van der Waals surface area contributed by atoms with E-state index in [1.807, 2.05) is 46.2 Å². The van der Waals surface area contributed by atoms with Crippen LogP contribution in [0.25, 0.3) is 0 Å². The molecule has 3 heterocycles. The highest BCUT2D eigenvalue weighted by Gasteiger charge is 2.44. The largest absolute Gasteiger partial charge is 0.349 e. The van der Waals surface area contributed by atoms with Crippen LogP contribution in [0, 0.1) is 23.7 Å². The molecule has 7 heteroatoms. The van der Waals surface area contributed by atoms with Gasteiger partial charge in [-0.1, -0.05) is 73.5 Å². The highest BCUT2D eigenvalue weighted by Crippen LogP contribution is 2.34. The first kappa shape index (κ1) is 27.0. The van der Waals surface area contributed by atoms with Gasteiger partial charge in [-0.2, -0.15) is 0 Å². The molecule has 6 rings (SSSR count). The van der Waals surface area contributed by atoms with Crippen molar-refractivity contribution in [2.24, 2.45) is 23.7 Å². The maximum atomic E-state index is 13.4. The Kier molecular flexibility index (Phi) is 8.19. The standard InChI is InChI=1S/C33H42N4O3/c38-31-17-27(21-36(31)18-24-9-3-1-4-10-24)33(40)37-22-28-19-35(20-29(28)23-37)16-15-30(25-11-5-2-6-12-25)34-32(39)26-13-7-8-14-26/h1-6,9-12,26-30H,7-8,13-23H2,(H,34,39)/t27?,28?,29?,30-/m0/s1. The molecule has 4 atom stereocenters. The molecule has 212 valence electrons. The minimum Gasteiger partial charge on any atom is -0.349 e. The maximum absolute atomic E-state index is 13.4. The van der Waals surface area contributed by atoms with Gasteiger partial charge in [-0.05, 0) is 42.2 Å². The molecule has 3 unspecified atom stereocenters. The maximum Gasteiger partial charge on any atom is 0.228 e. The Balaban J connectivity index is 0.988. The molecule has 0 spiro atoms. The summed E-state index contributed by atoms with van der Waals surface area (Å²) in [6, 6.07) is 20.4. The SMILES string of the molecule is O=C(N[C@@H](CCN1CC2CN(C(=O)C3CC(=O)N(Cc4ccccc4)C3)CC2C1)c1ccccc1)C1CCCC1. The van der Waals surface area contributed by atoms with Crippen molar-refractivity contribution in [3.05, 3.63) is 71.8 Å². The summed E-state index contributed by atoms with van der Waals surface area (Å²) in [5.41, 5.74) is 2.28. The topological polar surface area (TPSA) is 73.0 Å². The van der Waals surface area contributed by atoms with E-state index >= 15 is 0 Å². The lowest BCUT2D eigenvalue weighted by Gasteiger charge is -2.26. The number of nitrogens with zero attached hydrogens (tertiary/aromatic N) is 3. The van der Waals surface area contributed by atoms with Crippen LogP contribution in [0.15, 0.2) is 60.7 Å². The highest BCUT2D eigenvalue weighted by atomic mass is 16.2. The first-order valence-electron chi connectivity index (χ1n) is 15.2. The second-order valence-electron chi connectivity index (χ2n) is 12.4. The summed E-state index contributed by atoms with van der Waals surface area (Å²) in [4.78, 5) is 45.4. The number of likely N-dealkylation sites (tertiary alicyclic amines) is 3. The van der Waals surface area contributed by atoms with Crippen LogP contribution in [0.5, 0.6) is 0 Å². The fraction of sp³-hybridized carbons (Fsp3) is 0.545. The van der Waals surface area contributed by atoms with Crippen molar-refractivity contribution in [3.8, 4) is 0 Å². The van der Waals surface area contributed by atoms with Crippen molar-refractivity contribution in [2.45, 2.75) is 51.1 Å². The zero-order valence-corrected chi connectivity index (χ0v) is 23.4. The average molecular weight is 543 g/mol. The van der Waals surface area contributed by atoms with Crippen LogP contribution in [-0.4, -0.2) is 71.7 Å². The molecule has 3 saturated heterocycles. The first-order valence-corrected chi connectivity index (χ1v) is 15.2. The monoisotopic (exact) mass is 542 g/mol.